The van der Waals surface area contributed by atoms with Gasteiger partial charge in [-0.25, -0.2) is 13.2 Å². The molecule has 10 heteroatoms. The van der Waals surface area contributed by atoms with Gasteiger partial charge in [0.15, 0.2) is 0 Å². The summed E-state index contributed by atoms with van der Waals surface area (Å²) in [4.78, 5) is 25.0. The smallest absolute Gasteiger partial charge is 0.328 e. The molecule has 1 aliphatic rings. The van der Waals surface area contributed by atoms with Gasteiger partial charge in [0, 0.05) is 25.1 Å². The van der Waals surface area contributed by atoms with E-state index >= 15 is 0 Å². The third-order valence-corrected chi connectivity index (χ3v) is 7.58. The van der Waals surface area contributed by atoms with Crippen LogP contribution in [0.5, 0.6) is 0 Å². The molecule has 1 heterocycles. The first-order chi connectivity index (χ1) is 15.6. The molecular formula is C23H27ClN2O6S. The van der Waals surface area contributed by atoms with Crippen LogP contribution in [0.25, 0.3) is 0 Å². The number of nitrogens with zero attached hydrogens (tertiary/aromatic N) is 1. The Labute approximate surface area is 198 Å². The number of ether oxygens (including phenoxy) is 2. The van der Waals surface area contributed by atoms with Gasteiger partial charge in [0.05, 0.1) is 24.3 Å². The summed E-state index contributed by atoms with van der Waals surface area (Å²) >= 11 is 6.22. The zero-order chi connectivity index (χ0) is 24.2. The van der Waals surface area contributed by atoms with Gasteiger partial charge in [-0.05, 0) is 37.6 Å². The lowest BCUT2D eigenvalue weighted by Crippen LogP contribution is -2.48. The molecule has 33 heavy (non-hydrogen) atoms. The number of carbonyl (C=O) groups is 2. The highest BCUT2D eigenvalue weighted by Gasteiger charge is 2.34. The molecule has 3 rings (SSSR count). The van der Waals surface area contributed by atoms with E-state index in [1.807, 2.05) is 30.3 Å². The number of sulfonamides is 1. The lowest BCUT2D eigenvalue weighted by molar-refractivity contribution is -0.142. The van der Waals surface area contributed by atoms with Crippen LogP contribution in [0, 0.1) is 0 Å². The van der Waals surface area contributed by atoms with Crippen molar-refractivity contribution in [2.45, 2.75) is 43.4 Å². The van der Waals surface area contributed by atoms with Crippen LogP contribution in [0.1, 0.15) is 29.8 Å². The van der Waals surface area contributed by atoms with Crippen LogP contribution >= 0.6 is 11.6 Å². The summed E-state index contributed by atoms with van der Waals surface area (Å²) in [5.74, 6) is -1.22. The summed E-state index contributed by atoms with van der Waals surface area (Å²) < 4.78 is 38.3. The minimum Gasteiger partial charge on any atom is -0.467 e. The van der Waals surface area contributed by atoms with E-state index in [1.54, 1.807) is 13.8 Å². The molecule has 1 fully saturated rings. The number of hydrogen-bond acceptors (Lipinski definition) is 6. The van der Waals surface area contributed by atoms with Gasteiger partial charge >= 0.3 is 5.97 Å². The lowest BCUT2D eigenvalue weighted by Gasteiger charge is -2.34. The van der Waals surface area contributed by atoms with E-state index in [0.717, 1.165) is 5.56 Å². The molecule has 0 saturated carbocycles. The fraction of sp³-hybridized carbons (Fsp3) is 0.391. The van der Waals surface area contributed by atoms with E-state index in [1.165, 1.54) is 29.6 Å². The molecule has 0 spiro atoms. The van der Waals surface area contributed by atoms with Gasteiger partial charge in [0.25, 0.3) is 5.91 Å². The van der Waals surface area contributed by atoms with Crippen LogP contribution in [0.2, 0.25) is 5.02 Å². The average Bonchev–Trinajstić information content (AvgIpc) is 2.78. The van der Waals surface area contributed by atoms with Crippen LogP contribution in [-0.4, -0.2) is 63.0 Å². The van der Waals surface area contributed by atoms with Gasteiger partial charge in [0.1, 0.15) is 10.9 Å². The molecule has 178 valence electrons. The van der Waals surface area contributed by atoms with Crippen LogP contribution < -0.4 is 5.32 Å². The molecule has 8 nitrogen and oxygen atoms in total. The van der Waals surface area contributed by atoms with Crippen LogP contribution in [0.3, 0.4) is 0 Å². The van der Waals surface area contributed by atoms with Crippen molar-refractivity contribution in [3.63, 3.8) is 0 Å². The van der Waals surface area contributed by atoms with E-state index < -0.39 is 27.9 Å². The monoisotopic (exact) mass is 494 g/mol. The Morgan fingerprint density at radius 1 is 1.15 bits per heavy atom. The highest BCUT2D eigenvalue weighted by Crippen LogP contribution is 2.28. The first-order valence-electron chi connectivity index (χ1n) is 10.5. The third-order valence-electron chi connectivity index (χ3n) is 5.27. The maximum Gasteiger partial charge on any atom is 0.328 e. The predicted molar refractivity (Wildman–Crippen MR) is 124 cm³/mol. The fourth-order valence-corrected chi connectivity index (χ4v) is 5.83. The summed E-state index contributed by atoms with van der Waals surface area (Å²) in [6.45, 7) is 3.95. The van der Waals surface area contributed by atoms with E-state index in [-0.39, 0.29) is 47.2 Å². The second-order valence-corrected chi connectivity index (χ2v) is 10.3. The normalized spacial score (nSPS) is 20.1. The molecule has 0 aliphatic carbocycles. The maximum atomic E-state index is 13.3. The third kappa shape index (κ3) is 6.11. The van der Waals surface area contributed by atoms with Gasteiger partial charge < -0.3 is 14.8 Å². The van der Waals surface area contributed by atoms with Crippen molar-refractivity contribution in [3.05, 3.63) is 64.7 Å². The average molecular weight is 495 g/mol. The number of rotatable bonds is 7. The number of hydrogen-bond donors (Lipinski definition) is 1. The van der Waals surface area contributed by atoms with Gasteiger partial charge in [-0.3, -0.25) is 4.79 Å². The van der Waals surface area contributed by atoms with Gasteiger partial charge in [-0.1, -0.05) is 41.9 Å². The molecule has 1 saturated heterocycles. The largest absolute Gasteiger partial charge is 0.467 e. The van der Waals surface area contributed by atoms with Crippen molar-refractivity contribution in [1.29, 1.82) is 0 Å². The van der Waals surface area contributed by atoms with E-state index in [4.69, 9.17) is 21.1 Å². The number of nitrogens with one attached hydrogen (secondary N) is 1. The Balaban J connectivity index is 1.85. The van der Waals surface area contributed by atoms with Crippen LogP contribution in [-0.2, 0) is 30.7 Å². The van der Waals surface area contributed by atoms with Crippen LogP contribution in [0.4, 0.5) is 0 Å². The molecule has 0 bridgehead atoms. The van der Waals surface area contributed by atoms with Gasteiger partial charge in [-0.2, -0.15) is 4.31 Å². The quantitative estimate of drug-likeness (QED) is 0.594. The molecule has 1 aliphatic heterocycles. The van der Waals surface area contributed by atoms with Crippen molar-refractivity contribution in [1.82, 2.24) is 9.62 Å². The Kier molecular flexibility index (Phi) is 8.12. The molecule has 2 aromatic carbocycles. The van der Waals surface area contributed by atoms with Crippen molar-refractivity contribution in [2.24, 2.45) is 0 Å². The first kappa shape index (κ1) is 25.2. The Morgan fingerprint density at radius 2 is 1.79 bits per heavy atom. The van der Waals surface area contributed by atoms with Crippen molar-refractivity contribution < 1.29 is 27.5 Å². The number of carbonyl (C=O) groups excluding carboxylic acids is 2. The number of morpholine rings is 1. The van der Waals surface area contributed by atoms with Gasteiger partial charge in [0.2, 0.25) is 10.0 Å². The second kappa shape index (κ2) is 10.6. The standard InChI is InChI=1S/C23H27ClN2O6S/c1-15-13-26(14-16(2)32-15)33(29,30)21-12-18(9-10-19(21)24)22(27)25-20(23(28)31-3)11-17-7-5-4-6-8-17/h4-10,12,15-16,20H,11,13-14H2,1-3H3,(H,25,27)/t15-,16+,20-/m0/s1. The highest BCUT2D eigenvalue weighted by molar-refractivity contribution is 7.89. The van der Waals surface area contributed by atoms with Crippen molar-refractivity contribution in [2.75, 3.05) is 20.2 Å². The minimum atomic E-state index is -3.96. The molecule has 0 radical (unpaired) electrons. The topological polar surface area (TPSA) is 102 Å². The number of amides is 1. The lowest BCUT2D eigenvalue weighted by atomic mass is 10.1. The molecular weight excluding hydrogens is 468 g/mol. The predicted octanol–water partition coefficient (Wildman–Crippen LogP) is 2.65. The fourth-order valence-electron chi connectivity index (χ4n) is 3.74. The summed E-state index contributed by atoms with van der Waals surface area (Å²) in [5, 5.41) is 2.65. The number of methoxy groups -OCH3 is 1. The van der Waals surface area contributed by atoms with E-state index in [2.05, 4.69) is 5.32 Å². The van der Waals surface area contributed by atoms with E-state index in [9.17, 15) is 18.0 Å². The van der Waals surface area contributed by atoms with Crippen molar-refractivity contribution >= 4 is 33.5 Å². The highest BCUT2D eigenvalue weighted by atomic mass is 35.5. The Morgan fingerprint density at radius 3 is 2.39 bits per heavy atom. The molecule has 0 unspecified atom stereocenters. The Hall–Kier alpha value is -2.46. The second-order valence-electron chi connectivity index (χ2n) is 7.96. The SMILES string of the molecule is COC(=O)[C@H](Cc1ccccc1)NC(=O)c1ccc(Cl)c(S(=O)(=O)N2C[C@@H](C)O[C@@H](C)C2)c1. The van der Waals surface area contributed by atoms with E-state index in [0.29, 0.717) is 0 Å². The zero-order valence-corrected chi connectivity index (χ0v) is 20.2. The summed E-state index contributed by atoms with van der Waals surface area (Å²) in [6, 6.07) is 12.2. The van der Waals surface area contributed by atoms with Gasteiger partial charge in [-0.15, -0.1) is 0 Å². The number of benzene rings is 2. The molecule has 1 N–H and O–H groups in total. The molecule has 3 atom stereocenters. The molecule has 0 aromatic heterocycles. The number of halogens is 1. The Bertz CT molecular complexity index is 1100. The first-order valence-corrected chi connectivity index (χ1v) is 12.3. The molecule has 1 amide bonds. The number of esters is 1. The zero-order valence-electron chi connectivity index (χ0n) is 18.7. The van der Waals surface area contributed by atoms with Crippen LogP contribution in [0.15, 0.2) is 53.4 Å². The summed E-state index contributed by atoms with van der Waals surface area (Å²) in [7, 11) is -2.72. The summed E-state index contributed by atoms with van der Waals surface area (Å²) in [5.41, 5.74) is 0.900. The maximum absolute atomic E-state index is 13.3. The van der Waals surface area contributed by atoms with Crippen molar-refractivity contribution in [3.8, 4) is 0 Å². The minimum absolute atomic E-state index is 0.00662. The summed E-state index contributed by atoms with van der Waals surface area (Å²) in [6.07, 6.45) is -0.318. The molecule has 2 aromatic rings.